The van der Waals surface area contributed by atoms with Crippen molar-refractivity contribution in [2.45, 2.75) is 13.5 Å². The molecule has 66 valence electrons. The minimum Gasteiger partial charge on any atom is -0.506 e. The molecule has 2 nitrogen and oxygen atoms in total. The molecule has 0 saturated carbocycles. The Morgan fingerprint density at radius 3 is 2.75 bits per heavy atom. The van der Waals surface area contributed by atoms with Gasteiger partial charge in [-0.3, -0.25) is 0 Å². The highest BCUT2D eigenvalue weighted by Gasteiger charge is 2.03. The van der Waals surface area contributed by atoms with Gasteiger partial charge in [0.1, 0.15) is 5.75 Å². The van der Waals surface area contributed by atoms with Crippen LogP contribution in [0.25, 0.3) is 0 Å². The van der Waals surface area contributed by atoms with Gasteiger partial charge in [-0.05, 0) is 37.2 Å². The summed E-state index contributed by atoms with van der Waals surface area (Å²) >= 11 is 5.72. The zero-order chi connectivity index (χ0) is 9.14. The third-order valence-electron chi connectivity index (χ3n) is 1.77. The highest BCUT2D eigenvalue weighted by atomic mass is 35.5. The first-order valence-corrected chi connectivity index (χ1v) is 4.15. The van der Waals surface area contributed by atoms with Gasteiger partial charge in [-0.25, -0.2) is 0 Å². The molecule has 0 spiro atoms. The summed E-state index contributed by atoms with van der Waals surface area (Å²) in [7, 11) is 1.87. The number of rotatable bonds is 2. The molecule has 0 aliphatic heterocycles. The fourth-order valence-corrected chi connectivity index (χ4v) is 1.30. The molecule has 12 heavy (non-hydrogen) atoms. The van der Waals surface area contributed by atoms with Crippen molar-refractivity contribution in [1.29, 1.82) is 0 Å². The molecule has 0 bridgehead atoms. The quantitative estimate of drug-likeness (QED) is 0.740. The van der Waals surface area contributed by atoms with Gasteiger partial charge in [-0.2, -0.15) is 0 Å². The molecule has 0 heterocycles. The van der Waals surface area contributed by atoms with Crippen molar-refractivity contribution in [1.82, 2.24) is 5.32 Å². The van der Waals surface area contributed by atoms with Crippen LogP contribution in [0.1, 0.15) is 11.1 Å². The number of nitrogens with one attached hydrogen (secondary N) is 1. The Morgan fingerprint density at radius 2 is 2.17 bits per heavy atom. The van der Waals surface area contributed by atoms with E-state index in [0.717, 1.165) is 17.7 Å². The Labute approximate surface area is 77.2 Å². The molecule has 1 rings (SSSR count). The molecule has 0 aliphatic carbocycles. The minimum absolute atomic E-state index is 0.146. The second kappa shape index (κ2) is 3.78. The van der Waals surface area contributed by atoms with Crippen LogP contribution in [-0.4, -0.2) is 12.2 Å². The number of halogens is 1. The molecule has 0 aromatic heterocycles. The average molecular weight is 186 g/mol. The molecule has 2 N–H and O–H groups in total. The summed E-state index contributed by atoms with van der Waals surface area (Å²) in [5.41, 5.74) is 2.16. The van der Waals surface area contributed by atoms with Crippen LogP contribution >= 0.6 is 11.6 Å². The van der Waals surface area contributed by atoms with Crippen molar-refractivity contribution in [3.63, 3.8) is 0 Å². The number of aryl methyl sites for hydroxylation is 1. The summed E-state index contributed by atoms with van der Waals surface area (Å²) in [6.07, 6.45) is 0. The molecule has 0 amide bonds. The fraction of sp³-hybridized carbons (Fsp3) is 0.333. The lowest BCUT2D eigenvalue weighted by molar-refractivity contribution is 0.474. The van der Waals surface area contributed by atoms with Gasteiger partial charge in [-0.1, -0.05) is 11.6 Å². The van der Waals surface area contributed by atoms with Crippen molar-refractivity contribution in [3.8, 4) is 5.75 Å². The van der Waals surface area contributed by atoms with Gasteiger partial charge in [0.2, 0.25) is 0 Å². The summed E-state index contributed by atoms with van der Waals surface area (Å²) in [4.78, 5) is 0. The summed E-state index contributed by atoms with van der Waals surface area (Å²) < 4.78 is 0. The minimum atomic E-state index is 0.146. The molecule has 0 aliphatic rings. The van der Waals surface area contributed by atoms with Crippen LogP contribution in [-0.2, 0) is 6.54 Å². The van der Waals surface area contributed by atoms with Crippen LogP contribution < -0.4 is 5.32 Å². The molecule has 0 atom stereocenters. The number of hydrogen-bond acceptors (Lipinski definition) is 2. The van der Waals surface area contributed by atoms with Crippen molar-refractivity contribution >= 4 is 11.6 Å². The molecule has 3 heteroatoms. The summed E-state index contributed by atoms with van der Waals surface area (Å²) in [6, 6.07) is 3.46. The third kappa shape index (κ3) is 1.90. The Hall–Kier alpha value is -0.730. The van der Waals surface area contributed by atoms with Gasteiger partial charge < -0.3 is 10.4 Å². The fourth-order valence-electron chi connectivity index (χ4n) is 1.09. The van der Waals surface area contributed by atoms with Crippen molar-refractivity contribution < 1.29 is 5.11 Å². The van der Waals surface area contributed by atoms with Crippen LogP contribution in [0.15, 0.2) is 12.1 Å². The van der Waals surface area contributed by atoms with E-state index in [1.807, 2.05) is 14.0 Å². The predicted molar refractivity (Wildman–Crippen MR) is 50.6 cm³/mol. The SMILES string of the molecule is CNCc1cc(O)c(Cl)cc1C. The van der Waals surface area contributed by atoms with Crippen molar-refractivity contribution in [3.05, 3.63) is 28.3 Å². The third-order valence-corrected chi connectivity index (χ3v) is 2.08. The lowest BCUT2D eigenvalue weighted by atomic mass is 10.1. The number of hydrogen-bond donors (Lipinski definition) is 2. The van der Waals surface area contributed by atoms with E-state index in [0.29, 0.717) is 5.02 Å². The van der Waals surface area contributed by atoms with Gasteiger partial charge in [0.05, 0.1) is 5.02 Å². The zero-order valence-corrected chi connectivity index (χ0v) is 7.94. The van der Waals surface area contributed by atoms with E-state index in [-0.39, 0.29) is 5.75 Å². The average Bonchev–Trinajstić information content (AvgIpc) is 2.01. The largest absolute Gasteiger partial charge is 0.506 e. The van der Waals surface area contributed by atoms with E-state index < -0.39 is 0 Å². The van der Waals surface area contributed by atoms with Gasteiger partial charge in [-0.15, -0.1) is 0 Å². The summed E-state index contributed by atoms with van der Waals surface area (Å²) in [6.45, 7) is 2.72. The first-order chi connectivity index (χ1) is 5.65. The maximum Gasteiger partial charge on any atom is 0.134 e. The Morgan fingerprint density at radius 1 is 1.50 bits per heavy atom. The van der Waals surface area contributed by atoms with E-state index in [1.165, 1.54) is 0 Å². The van der Waals surface area contributed by atoms with Crippen molar-refractivity contribution in [2.75, 3.05) is 7.05 Å². The zero-order valence-electron chi connectivity index (χ0n) is 7.19. The maximum absolute atomic E-state index is 9.29. The summed E-state index contributed by atoms with van der Waals surface area (Å²) in [5, 5.41) is 12.7. The van der Waals surface area contributed by atoms with E-state index in [9.17, 15) is 5.11 Å². The number of benzene rings is 1. The summed E-state index contributed by atoms with van der Waals surface area (Å²) in [5.74, 6) is 0.146. The monoisotopic (exact) mass is 185 g/mol. The van der Waals surface area contributed by atoms with E-state index in [4.69, 9.17) is 11.6 Å². The molecular formula is C9H12ClNO. The standard InChI is InChI=1S/C9H12ClNO/c1-6-3-8(10)9(12)4-7(6)5-11-2/h3-4,11-12H,5H2,1-2H3. The van der Waals surface area contributed by atoms with Crippen LogP contribution in [0.5, 0.6) is 5.75 Å². The highest BCUT2D eigenvalue weighted by Crippen LogP contribution is 2.26. The second-order valence-corrected chi connectivity index (χ2v) is 3.17. The Bertz CT molecular complexity index is 286. The number of aromatic hydroxyl groups is 1. The lowest BCUT2D eigenvalue weighted by Crippen LogP contribution is -2.06. The Balaban J connectivity index is 3.05. The topological polar surface area (TPSA) is 32.3 Å². The van der Waals surface area contributed by atoms with Gasteiger partial charge in [0, 0.05) is 6.54 Å². The van der Waals surface area contributed by atoms with Crippen LogP contribution in [0.2, 0.25) is 5.02 Å². The highest BCUT2D eigenvalue weighted by molar-refractivity contribution is 6.32. The Kier molecular flexibility index (Phi) is 2.95. The lowest BCUT2D eigenvalue weighted by Gasteiger charge is -2.06. The molecule has 0 radical (unpaired) electrons. The normalized spacial score (nSPS) is 10.2. The number of phenolic OH excluding ortho intramolecular Hbond substituents is 1. The van der Waals surface area contributed by atoms with Crippen LogP contribution in [0.4, 0.5) is 0 Å². The predicted octanol–water partition coefficient (Wildman–Crippen LogP) is 2.07. The first kappa shape index (κ1) is 9.36. The van der Waals surface area contributed by atoms with Gasteiger partial charge in [0.25, 0.3) is 0 Å². The molecule has 0 fully saturated rings. The van der Waals surface area contributed by atoms with Crippen LogP contribution in [0, 0.1) is 6.92 Å². The van der Waals surface area contributed by atoms with Gasteiger partial charge >= 0.3 is 0 Å². The smallest absolute Gasteiger partial charge is 0.134 e. The molecular weight excluding hydrogens is 174 g/mol. The maximum atomic E-state index is 9.29. The van der Waals surface area contributed by atoms with E-state index >= 15 is 0 Å². The first-order valence-electron chi connectivity index (χ1n) is 3.77. The van der Waals surface area contributed by atoms with Crippen LogP contribution in [0.3, 0.4) is 0 Å². The molecule has 0 unspecified atom stereocenters. The molecule has 0 saturated heterocycles. The van der Waals surface area contributed by atoms with Crippen molar-refractivity contribution in [2.24, 2.45) is 0 Å². The molecule has 1 aromatic carbocycles. The van der Waals surface area contributed by atoms with E-state index in [1.54, 1.807) is 12.1 Å². The van der Waals surface area contributed by atoms with E-state index in [2.05, 4.69) is 5.32 Å². The number of phenols is 1. The van der Waals surface area contributed by atoms with Gasteiger partial charge in [0.15, 0.2) is 0 Å². The molecule has 1 aromatic rings. The second-order valence-electron chi connectivity index (χ2n) is 2.76.